The number of fused-ring (bicyclic) bond motifs is 3. The van der Waals surface area contributed by atoms with Crippen molar-refractivity contribution in [1.29, 1.82) is 0 Å². The normalized spacial score (nSPS) is 27.4. The zero-order chi connectivity index (χ0) is 23.8. The predicted octanol–water partition coefficient (Wildman–Crippen LogP) is 5.32. The lowest BCUT2D eigenvalue weighted by molar-refractivity contribution is -0.138. The highest BCUT2D eigenvalue weighted by molar-refractivity contribution is 5.94. The van der Waals surface area contributed by atoms with Crippen molar-refractivity contribution < 1.29 is 14.0 Å². The number of nitrogens with one attached hydrogen (secondary N) is 2. The van der Waals surface area contributed by atoms with Crippen molar-refractivity contribution in [3.8, 4) is 0 Å². The summed E-state index contributed by atoms with van der Waals surface area (Å²) in [6.07, 6.45) is 6.33. The minimum atomic E-state index is -0.195. The average molecular weight is 470 g/mol. The topological polar surface area (TPSA) is 74.6 Å². The molecule has 2 aromatic carbocycles. The summed E-state index contributed by atoms with van der Waals surface area (Å²) in [5.74, 6) is 1.03. The second-order valence-electron chi connectivity index (χ2n) is 9.99. The molecular weight excluding hydrogens is 438 g/mol. The van der Waals surface area contributed by atoms with E-state index in [1.807, 2.05) is 48.5 Å². The van der Waals surface area contributed by atoms with Crippen molar-refractivity contribution >= 4 is 17.5 Å². The van der Waals surface area contributed by atoms with Crippen molar-refractivity contribution in [2.75, 3.05) is 11.9 Å². The number of para-hydroxylation sites is 1. The van der Waals surface area contributed by atoms with Gasteiger partial charge in [0.25, 0.3) is 5.91 Å². The Bertz CT molecular complexity index is 1190. The van der Waals surface area contributed by atoms with Gasteiger partial charge in [-0.1, -0.05) is 49.2 Å². The average Bonchev–Trinajstić information content (AvgIpc) is 3.60. The summed E-state index contributed by atoms with van der Waals surface area (Å²) < 4.78 is 5.80. The number of hydrogen-bond acceptors (Lipinski definition) is 4. The molecule has 0 spiro atoms. The van der Waals surface area contributed by atoms with E-state index >= 15 is 0 Å². The number of amides is 2. The molecule has 2 amide bonds. The molecule has 6 rings (SSSR count). The van der Waals surface area contributed by atoms with Gasteiger partial charge in [-0.15, -0.1) is 0 Å². The molecule has 3 aliphatic rings. The van der Waals surface area contributed by atoms with Crippen molar-refractivity contribution in [1.82, 2.24) is 10.2 Å². The van der Waals surface area contributed by atoms with Gasteiger partial charge in [-0.05, 0) is 55.2 Å². The summed E-state index contributed by atoms with van der Waals surface area (Å²) in [4.78, 5) is 29.1. The molecule has 35 heavy (non-hydrogen) atoms. The summed E-state index contributed by atoms with van der Waals surface area (Å²) in [7, 11) is 0. The molecule has 1 saturated carbocycles. The highest BCUT2D eigenvalue weighted by Crippen LogP contribution is 2.51. The lowest BCUT2D eigenvalue weighted by Crippen LogP contribution is -2.50. The van der Waals surface area contributed by atoms with E-state index in [0.29, 0.717) is 5.56 Å². The van der Waals surface area contributed by atoms with Crippen molar-refractivity contribution in [2.45, 2.75) is 50.2 Å². The van der Waals surface area contributed by atoms with E-state index in [-0.39, 0.29) is 41.8 Å². The number of rotatable bonds is 4. The van der Waals surface area contributed by atoms with Gasteiger partial charge < -0.3 is 20.0 Å². The molecular formula is C29H31N3O3. The van der Waals surface area contributed by atoms with Crippen LogP contribution in [0.25, 0.3) is 0 Å². The summed E-state index contributed by atoms with van der Waals surface area (Å²) in [6.45, 7) is 0.719. The SMILES string of the molecule is O=C(N[C@@H]1CCCC[C@@H]1C(=O)N1CC[C@H]2[C@@H](c3ccco3)Nc3ccccc3[C@H]21)c1ccccc1. The van der Waals surface area contributed by atoms with Crippen LogP contribution in [0.1, 0.15) is 65.9 Å². The minimum absolute atomic E-state index is 0.00227. The maximum atomic E-state index is 14.1. The molecule has 2 N–H and O–H groups in total. The van der Waals surface area contributed by atoms with Crippen LogP contribution in [0.2, 0.25) is 0 Å². The first-order chi connectivity index (χ1) is 17.2. The second kappa shape index (κ2) is 9.25. The van der Waals surface area contributed by atoms with Gasteiger partial charge in [0.15, 0.2) is 0 Å². The van der Waals surface area contributed by atoms with Crippen LogP contribution in [0, 0.1) is 11.8 Å². The number of carbonyl (C=O) groups excluding carboxylic acids is 2. The molecule has 1 saturated heterocycles. The zero-order valence-corrected chi connectivity index (χ0v) is 19.7. The minimum Gasteiger partial charge on any atom is -0.467 e. The fraction of sp³-hybridized carbons (Fsp3) is 0.379. The number of hydrogen-bond donors (Lipinski definition) is 2. The molecule has 2 aliphatic heterocycles. The monoisotopic (exact) mass is 469 g/mol. The third-order valence-corrected chi connectivity index (χ3v) is 8.03. The van der Waals surface area contributed by atoms with E-state index in [0.717, 1.165) is 50.1 Å². The van der Waals surface area contributed by atoms with Crippen molar-refractivity contribution in [3.05, 3.63) is 89.9 Å². The van der Waals surface area contributed by atoms with Crippen LogP contribution < -0.4 is 10.6 Å². The van der Waals surface area contributed by atoms with Gasteiger partial charge in [0, 0.05) is 29.8 Å². The Morgan fingerprint density at radius 1 is 0.914 bits per heavy atom. The van der Waals surface area contributed by atoms with Crippen molar-refractivity contribution in [2.24, 2.45) is 11.8 Å². The lowest BCUT2D eigenvalue weighted by atomic mass is 9.80. The van der Waals surface area contributed by atoms with Crippen LogP contribution >= 0.6 is 0 Å². The predicted molar refractivity (Wildman–Crippen MR) is 134 cm³/mol. The van der Waals surface area contributed by atoms with Crippen LogP contribution in [0.5, 0.6) is 0 Å². The largest absolute Gasteiger partial charge is 0.467 e. The fourth-order valence-corrected chi connectivity index (χ4v) is 6.38. The van der Waals surface area contributed by atoms with Crippen LogP contribution in [-0.4, -0.2) is 29.3 Å². The van der Waals surface area contributed by atoms with E-state index in [1.54, 1.807) is 6.26 Å². The van der Waals surface area contributed by atoms with Crippen LogP contribution in [-0.2, 0) is 4.79 Å². The number of furan rings is 1. The quantitative estimate of drug-likeness (QED) is 0.542. The van der Waals surface area contributed by atoms with E-state index in [4.69, 9.17) is 4.42 Å². The van der Waals surface area contributed by atoms with Crippen LogP contribution in [0.3, 0.4) is 0 Å². The Labute approximate surface area is 205 Å². The molecule has 6 nitrogen and oxygen atoms in total. The van der Waals surface area contributed by atoms with Gasteiger partial charge >= 0.3 is 0 Å². The summed E-state index contributed by atoms with van der Waals surface area (Å²) in [5.41, 5.74) is 2.87. The Hall–Kier alpha value is -3.54. The maximum Gasteiger partial charge on any atom is 0.251 e. The highest BCUT2D eigenvalue weighted by Gasteiger charge is 2.49. The number of benzene rings is 2. The first-order valence-corrected chi connectivity index (χ1v) is 12.8. The first-order valence-electron chi connectivity index (χ1n) is 12.8. The number of likely N-dealkylation sites (tertiary alicyclic amines) is 1. The molecule has 3 heterocycles. The third-order valence-electron chi connectivity index (χ3n) is 8.03. The van der Waals surface area contributed by atoms with E-state index in [9.17, 15) is 9.59 Å². The Morgan fingerprint density at radius 3 is 2.54 bits per heavy atom. The highest BCUT2D eigenvalue weighted by atomic mass is 16.3. The van der Waals surface area contributed by atoms with Crippen LogP contribution in [0.4, 0.5) is 5.69 Å². The number of anilines is 1. The molecule has 180 valence electrons. The van der Waals surface area contributed by atoms with E-state index < -0.39 is 0 Å². The molecule has 1 aliphatic carbocycles. The molecule has 0 bridgehead atoms. The third kappa shape index (κ3) is 4.01. The first kappa shape index (κ1) is 22.0. The van der Waals surface area contributed by atoms with Gasteiger partial charge in [0.05, 0.1) is 24.3 Å². The molecule has 0 unspecified atom stereocenters. The maximum absolute atomic E-state index is 14.1. The zero-order valence-electron chi connectivity index (χ0n) is 19.7. The molecule has 3 aromatic rings. The smallest absolute Gasteiger partial charge is 0.251 e. The standard InChI is InChI=1S/C29H31N3O3/c33-28(19-9-2-1-3-10-19)31-24-14-7-5-12-21(24)29(34)32-17-16-22-26(25-15-8-18-35-25)30-23-13-6-4-11-20(23)27(22)32/h1-4,6,8-11,13,15,18,21-22,24,26-27,30H,5,7,12,14,16-17H2,(H,31,33)/t21-,22-,24+,26-,27+/m0/s1. The van der Waals surface area contributed by atoms with Gasteiger partial charge in [-0.3, -0.25) is 9.59 Å². The summed E-state index contributed by atoms with van der Waals surface area (Å²) in [6, 6.07) is 21.4. The number of carbonyl (C=O) groups is 2. The van der Waals surface area contributed by atoms with E-state index in [2.05, 4.69) is 33.7 Å². The lowest BCUT2D eigenvalue weighted by Gasteiger charge is -2.41. The van der Waals surface area contributed by atoms with Gasteiger partial charge in [-0.2, -0.15) is 0 Å². The van der Waals surface area contributed by atoms with Crippen LogP contribution in [0.15, 0.2) is 77.4 Å². The second-order valence-corrected chi connectivity index (χ2v) is 9.99. The van der Waals surface area contributed by atoms with Gasteiger partial charge in [0.1, 0.15) is 5.76 Å². The molecule has 5 atom stereocenters. The fourth-order valence-electron chi connectivity index (χ4n) is 6.38. The molecule has 2 fully saturated rings. The Morgan fingerprint density at radius 2 is 1.71 bits per heavy atom. The van der Waals surface area contributed by atoms with E-state index in [1.165, 1.54) is 5.56 Å². The Kier molecular flexibility index (Phi) is 5.80. The number of nitrogens with zero attached hydrogens (tertiary/aromatic N) is 1. The van der Waals surface area contributed by atoms with Crippen molar-refractivity contribution in [3.63, 3.8) is 0 Å². The molecule has 6 heteroatoms. The van der Waals surface area contributed by atoms with Gasteiger partial charge in [-0.25, -0.2) is 0 Å². The summed E-state index contributed by atoms with van der Waals surface area (Å²) in [5, 5.41) is 6.87. The molecule has 1 aromatic heterocycles. The van der Waals surface area contributed by atoms with Gasteiger partial charge in [0.2, 0.25) is 5.91 Å². The summed E-state index contributed by atoms with van der Waals surface area (Å²) >= 11 is 0. The Balaban J connectivity index is 1.27. The molecule has 0 radical (unpaired) electrons.